The van der Waals surface area contributed by atoms with Crippen LogP contribution in [0.3, 0.4) is 0 Å². The largest absolute Gasteiger partial charge is 0.361 e. The molecule has 0 bridgehead atoms. The van der Waals surface area contributed by atoms with Crippen LogP contribution in [0, 0.1) is 22.7 Å². The predicted octanol–water partition coefficient (Wildman–Crippen LogP) is 0.948. The van der Waals surface area contributed by atoms with Gasteiger partial charge in [0.25, 0.3) is 0 Å². The molecule has 0 aromatic rings. The van der Waals surface area contributed by atoms with E-state index in [2.05, 4.69) is 16.3 Å². The van der Waals surface area contributed by atoms with Gasteiger partial charge in [0.15, 0.2) is 0 Å². The maximum absolute atomic E-state index is 8.88. The van der Waals surface area contributed by atoms with Crippen molar-refractivity contribution in [3.05, 3.63) is 0 Å². The molecular formula is C13H21N3O. The monoisotopic (exact) mass is 235 g/mol. The fourth-order valence-corrected chi connectivity index (χ4v) is 2.66. The molecule has 0 aromatic carbocycles. The summed E-state index contributed by atoms with van der Waals surface area (Å²) in [4.78, 5) is 2.53. The van der Waals surface area contributed by atoms with Crippen LogP contribution in [0.1, 0.15) is 25.7 Å². The number of rotatable bonds is 5. The lowest BCUT2D eigenvalue weighted by molar-refractivity contribution is 0.0523. The van der Waals surface area contributed by atoms with Crippen molar-refractivity contribution in [2.24, 2.45) is 11.3 Å². The maximum atomic E-state index is 8.88. The van der Waals surface area contributed by atoms with Gasteiger partial charge in [-0.25, -0.2) is 0 Å². The van der Waals surface area contributed by atoms with Crippen LogP contribution in [0.5, 0.6) is 0 Å². The molecule has 2 aliphatic heterocycles. The Bertz CT molecular complexity index is 309. The van der Waals surface area contributed by atoms with Crippen molar-refractivity contribution in [3.63, 3.8) is 0 Å². The lowest BCUT2D eigenvalue weighted by Gasteiger charge is -2.32. The minimum atomic E-state index is 0.299. The number of hydrogen-bond donors (Lipinski definition) is 1. The molecule has 94 valence electrons. The fourth-order valence-electron chi connectivity index (χ4n) is 2.66. The zero-order chi connectivity index (χ0) is 11.7. The molecule has 1 unspecified atom stereocenters. The molecular weight excluding hydrogens is 214 g/mol. The Morgan fingerprint density at radius 3 is 2.59 bits per heavy atom. The Kier molecular flexibility index (Phi) is 3.08. The zero-order valence-electron chi connectivity index (χ0n) is 10.3. The quantitative estimate of drug-likeness (QED) is 0.721. The van der Waals surface area contributed by atoms with Crippen LogP contribution in [0.2, 0.25) is 0 Å². The second kappa shape index (κ2) is 4.56. The van der Waals surface area contributed by atoms with Crippen molar-refractivity contribution in [1.82, 2.24) is 10.2 Å². The molecule has 0 aromatic heterocycles. The number of nitrogens with one attached hydrogen (secondary N) is 1. The summed E-state index contributed by atoms with van der Waals surface area (Å²) in [5, 5.41) is 12.1. The van der Waals surface area contributed by atoms with E-state index in [1.807, 2.05) is 0 Å². The van der Waals surface area contributed by atoms with Crippen LogP contribution < -0.4 is 5.32 Å². The van der Waals surface area contributed by atoms with Gasteiger partial charge in [-0.2, -0.15) is 5.26 Å². The molecule has 4 nitrogen and oxygen atoms in total. The summed E-state index contributed by atoms with van der Waals surface area (Å²) < 4.78 is 5.77. The Morgan fingerprint density at radius 1 is 1.35 bits per heavy atom. The summed E-state index contributed by atoms with van der Waals surface area (Å²) in [6.07, 6.45) is 5.09. The third-order valence-electron chi connectivity index (χ3n) is 4.25. The van der Waals surface area contributed by atoms with Crippen molar-refractivity contribution in [3.8, 4) is 6.07 Å². The van der Waals surface area contributed by atoms with Gasteiger partial charge in [-0.15, -0.1) is 0 Å². The Hall–Kier alpha value is -0.630. The van der Waals surface area contributed by atoms with E-state index in [9.17, 15) is 0 Å². The molecule has 0 amide bonds. The van der Waals surface area contributed by atoms with Gasteiger partial charge in [-0.05, 0) is 38.8 Å². The van der Waals surface area contributed by atoms with Crippen LogP contribution in [0.25, 0.3) is 0 Å². The third-order valence-corrected chi connectivity index (χ3v) is 4.25. The Balaban J connectivity index is 1.42. The van der Waals surface area contributed by atoms with E-state index < -0.39 is 0 Å². The van der Waals surface area contributed by atoms with Crippen LogP contribution in [0.15, 0.2) is 0 Å². The minimum absolute atomic E-state index is 0.299. The highest BCUT2D eigenvalue weighted by Crippen LogP contribution is 2.47. The lowest BCUT2D eigenvalue weighted by atomic mass is 9.97. The standard InChI is InChI=1S/C13H21N3O/c14-7-11-1-5-16(6-2-11)9-13(3-4-13)10-17-12-8-15-12/h11-12,15H,1-6,8-10H2. The van der Waals surface area contributed by atoms with E-state index in [0.29, 0.717) is 17.6 Å². The van der Waals surface area contributed by atoms with Crippen LogP contribution in [-0.2, 0) is 4.74 Å². The van der Waals surface area contributed by atoms with Crippen molar-refractivity contribution >= 4 is 0 Å². The molecule has 0 radical (unpaired) electrons. The first-order valence-corrected chi connectivity index (χ1v) is 6.77. The topological polar surface area (TPSA) is 58.2 Å². The first-order chi connectivity index (χ1) is 8.30. The van der Waals surface area contributed by atoms with Gasteiger partial charge in [0.1, 0.15) is 6.23 Å². The van der Waals surface area contributed by atoms with E-state index in [1.165, 1.54) is 19.4 Å². The minimum Gasteiger partial charge on any atom is -0.361 e. The highest BCUT2D eigenvalue weighted by molar-refractivity contribution is 4.98. The van der Waals surface area contributed by atoms with Crippen molar-refractivity contribution in [2.75, 3.05) is 32.8 Å². The smallest absolute Gasteiger partial charge is 0.120 e. The third kappa shape index (κ3) is 2.98. The molecule has 1 N–H and O–H groups in total. The predicted molar refractivity (Wildman–Crippen MR) is 64.2 cm³/mol. The second-order valence-electron chi connectivity index (χ2n) is 5.89. The lowest BCUT2D eigenvalue weighted by Crippen LogP contribution is -2.38. The summed E-state index contributed by atoms with van der Waals surface area (Å²) in [5.41, 5.74) is 0.448. The van der Waals surface area contributed by atoms with E-state index in [-0.39, 0.29) is 0 Å². The zero-order valence-corrected chi connectivity index (χ0v) is 10.3. The van der Waals surface area contributed by atoms with Crippen LogP contribution in [-0.4, -0.2) is 43.9 Å². The van der Waals surface area contributed by atoms with Gasteiger partial charge < -0.3 is 9.64 Å². The number of hydrogen-bond acceptors (Lipinski definition) is 4. The van der Waals surface area contributed by atoms with Gasteiger partial charge >= 0.3 is 0 Å². The number of likely N-dealkylation sites (tertiary alicyclic amines) is 1. The molecule has 17 heavy (non-hydrogen) atoms. The molecule has 1 saturated carbocycles. The fraction of sp³-hybridized carbons (Fsp3) is 0.923. The molecule has 3 rings (SSSR count). The first-order valence-electron chi connectivity index (χ1n) is 6.77. The Morgan fingerprint density at radius 2 is 2.06 bits per heavy atom. The normalized spacial score (nSPS) is 32.1. The molecule has 1 aliphatic carbocycles. The molecule has 0 spiro atoms. The second-order valence-corrected chi connectivity index (χ2v) is 5.89. The first kappa shape index (κ1) is 11.5. The van der Waals surface area contributed by atoms with Gasteiger partial charge in [-0.3, -0.25) is 5.32 Å². The van der Waals surface area contributed by atoms with E-state index in [0.717, 1.165) is 39.1 Å². The molecule has 2 saturated heterocycles. The number of piperidine rings is 1. The number of ether oxygens (including phenoxy) is 1. The Labute approximate surface area is 103 Å². The highest BCUT2D eigenvalue weighted by Gasteiger charge is 2.45. The highest BCUT2D eigenvalue weighted by atomic mass is 16.5. The summed E-state index contributed by atoms with van der Waals surface area (Å²) in [7, 11) is 0. The molecule has 3 fully saturated rings. The van der Waals surface area contributed by atoms with Gasteiger partial charge in [0.05, 0.1) is 12.7 Å². The molecule has 2 heterocycles. The van der Waals surface area contributed by atoms with Crippen molar-refractivity contribution in [2.45, 2.75) is 31.9 Å². The van der Waals surface area contributed by atoms with Crippen LogP contribution in [0.4, 0.5) is 0 Å². The average molecular weight is 235 g/mol. The van der Waals surface area contributed by atoms with Gasteiger partial charge in [-0.1, -0.05) is 0 Å². The summed E-state index contributed by atoms with van der Waals surface area (Å²) in [5.74, 6) is 0.299. The average Bonchev–Trinajstić information content (AvgIpc) is 3.24. The molecule has 1 atom stereocenters. The van der Waals surface area contributed by atoms with E-state index in [1.54, 1.807) is 0 Å². The number of nitriles is 1. The molecule has 4 heteroatoms. The SMILES string of the molecule is N#CC1CCN(CC2(COC3CN3)CC2)CC1. The van der Waals surface area contributed by atoms with Crippen molar-refractivity contribution in [1.29, 1.82) is 5.26 Å². The maximum Gasteiger partial charge on any atom is 0.120 e. The van der Waals surface area contributed by atoms with Gasteiger partial charge in [0, 0.05) is 24.4 Å². The summed E-state index contributed by atoms with van der Waals surface area (Å²) in [6.45, 7) is 5.33. The van der Waals surface area contributed by atoms with E-state index in [4.69, 9.17) is 10.00 Å². The van der Waals surface area contributed by atoms with Crippen LogP contribution >= 0.6 is 0 Å². The summed E-state index contributed by atoms with van der Waals surface area (Å²) in [6, 6.07) is 2.39. The van der Waals surface area contributed by atoms with Gasteiger partial charge in [0.2, 0.25) is 0 Å². The summed E-state index contributed by atoms with van der Waals surface area (Å²) >= 11 is 0. The number of nitrogens with zero attached hydrogens (tertiary/aromatic N) is 2. The van der Waals surface area contributed by atoms with E-state index >= 15 is 0 Å². The molecule has 3 aliphatic rings. The van der Waals surface area contributed by atoms with Crippen molar-refractivity contribution < 1.29 is 4.74 Å².